The first-order valence-corrected chi connectivity index (χ1v) is 6.01. The third kappa shape index (κ3) is 4.25. The van der Waals surface area contributed by atoms with Crippen LogP contribution in [0.25, 0.3) is 0 Å². The van der Waals surface area contributed by atoms with Crippen LogP contribution in [-0.4, -0.2) is 33.9 Å². The fourth-order valence-corrected chi connectivity index (χ4v) is 1.63. The van der Waals surface area contributed by atoms with Crippen LogP contribution in [0.3, 0.4) is 0 Å². The normalized spacial score (nSPS) is 12.3. The molecule has 0 saturated carbocycles. The highest BCUT2D eigenvalue weighted by molar-refractivity contribution is 5.74. The number of carboxylic acids is 1. The van der Waals surface area contributed by atoms with Gasteiger partial charge in [0.05, 0.1) is 0 Å². The lowest BCUT2D eigenvalue weighted by Crippen LogP contribution is -2.39. The third-order valence-corrected chi connectivity index (χ3v) is 2.70. The van der Waals surface area contributed by atoms with Crippen LogP contribution in [0.4, 0.5) is 0 Å². The fraction of sp³-hybridized carbons (Fsp3) is 0.462. The minimum Gasteiger partial charge on any atom is -0.504 e. The summed E-state index contributed by atoms with van der Waals surface area (Å²) in [5, 5.41) is 30.6. The molecule has 4 N–H and O–H groups in total. The maximum atomic E-state index is 11.1. The van der Waals surface area contributed by atoms with Gasteiger partial charge >= 0.3 is 5.97 Å². The second-order valence-electron chi connectivity index (χ2n) is 4.23. The molecule has 100 valence electrons. The van der Waals surface area contributed by atoms with E-state index in [1.807, 2.05) is 6.92 Å². The first kappa shape index (κ1) is 14.3. The number of hydrogen-bond acceptors (Lipinski definition) is 4. The summed E-state index contributed by atoms with van der Waals surface area (Å²) in [6.07, 6.45) is 2.19. The summed E-state index contributed by atoms with van der Waals surface area (Å²) in [4.78, 5) is 11.1. The summed E-state index contributed by atoms with van der Waals surface area (Å²) in [5.74, 6) is -1.35. The average Bonchev–Trinajstić information content (AvgIpc) is 2.32. The van der Waals surface area contributed by atoms with Gasteiger partial charge in [-0.1, -0.05) is 19.4 Å². The van der Waals surface area contributed by atoms with Crippen LogP contribution in [0.2, 0.25) is 0 Å². The Morgan fingerprint density at radius 3 is 2.61 bits per heavy atom. The molecule has 0 aliphatic carbocycles. The van der Waals surface area contributed by atoms with Gasteiger partial charge in [-0.15, -0.1) is 0 Å². The summed E-state index contributed by atoms with van der Waals surface area (Å²) in [5.41, 5.74) is 0.668. The number of benzene rings is 1. The van der Waals surface area contributed by atoms with E-state index in [4.69, 9.17) is 5.11 Å². The molecule has 5 heteroatoms. The number of hydrogen-bond donors (Lipinski definition) is 4. The number of phenolic OH excluding ortho intramolecular Hbond substituents is 2. The van der Waals surface area contributed by atoms with E-state index in [9.17, 15) is 15.0 Å². The molecule has 0 aliphatic rings. The maximum absolute atomic E-state index is 11.1. The number of rotatable bonds is 7. The van der Waals surface area contributed by atoms with Gasteiger partial charge in [-0.2, -0.15) is 0 Å². The van der Waals surface area contributed by atoms with Gasteiger partial charge < -0.3 is 20.6 Å². The minimum absolute atomic E-state index is 0.204. The van der Waals surface area contributed by atoms with Crippen LogP contribution in [-0.2, 0) is 11.2 Å². The van der Waals surface area contributed by atoms with E-state index in [-0.39, 0.29) is 17.9 Å². The van der Waals surface area contributed by atoms with Crippen LogP contribution in [0.1, 0.15) is 25.3 Å². The molecule has 18 heavy (non-hydrogen) atoms. The molecule has 0 bridgehead atoms. The highest BCUT2D eigenvalue weighted by Gasteiger charge is 2.17. The molecule has 0 aromatic heterocycles. The number of aliphatic carboxylic acids is 1. The maximum Gasteiger partial charge on any atom is 0.321 e. The molecular formula is C13H19NO4. The highest BCUT2D eigenvalue weighted by Crippen LogP contribution is 2.25. The average molecular weight is 253 g/mol. The number of carboxylic acid groups (broad SMARTS) is 1. The van der Waals surface area contributed by atoms with Crippen molar-refractivity contribution < 1.29 is 20.1 Å². The Balaban J connectivity index is 2.64. The van der Waals surface area contributed by atoms with E-state index < -0.39 is 12.0 Å². The van der Waals surface area contributed by atoms with Crippen molar-refractivity contribution in [2.24, 2.45) is 0 Å². The summed E-state index contributed by atoms with van der Waals surface area (Å²) < 4.78 is 0. The molecule has 0 radical (unpaired) electrons. The monoisotopic (exact) mass is 253 g/mol. The molecular weight excluding hydrogens is 234 g/mol. The predicted molar refractivity (Wildman–Crippen MR) is 67.8 cm³/mol. The molecule has 5 nitrogen and oxygen atoms in total. The van der Waals surface area contributed by atoms with Crippen molar-refractivity contribution in [2.75, 3.05) is 6.54 Å². The third-order valence-electron chi connectivity index (χ3n) is 2.70. The molecule has 1 aromatic carbocycles. The van der Waals surface area contributed by atoms with Crippen LogP contribution < -0.4 is 5.32 Å². The Morgan fingerprint density at radius 1 is 1.33 bits per heavy atom. The topological polar surface area (TPSA) is 89.8 Å². The van der Waals surface area contributed by atoms with Gasteiger partial charge in [-0.3, -0.25) is 4.79 Å². The second-order valence-corrected chi connectivity index (χ2v) is 4.23. The van der Waals surface area contributed by atoms with E-state index in [2.05, 4.69) is 5.32 Å². The Bertz CT molecular complexity index is 406. The van der Waals surface area contributed by atoms with Crippen LogP contribution >= 0.6 is 0 Å². The number of nitrogens with one attached hydrogen (secondary N) is 1. The van der Waals surface area contributed by atoms with E-state index in [1.165, 1.54) is 12.1 Å². The summed E-state index contributed by atoms with van der Waals surface area (Å²) in [6, 6.07) is 3.66. The summed E-state index contributed by atoms with van der Waals surface area (Å²) >= 11 is 0. The van der Waals surface area contributed by atoms with Crippen molar-refractivity contribution in [3.63, 3.8) is 0 Å². The van der Waals surface area contributed by atoms with Gasteiger partial charge in [0.15, 0.2) is 11.5 Å². The Hall–Kier alpha value is -1.75. The van der Waals surface area contributed by atoms with Gasteiger partial charge in [0, 0.05) is 0 Å². The van der Waals surface area contributed by atoms with Crippen LogP contribution in [0.15, 0.2) is 18.2 Å². The molecule has 0 fully saturated rings. The van der Waals surface area contributed by atoms with Gasteiger partial charge in [0.25, 0.3) is 0 Å². The van der Waals surface area contributed by atoms with Gasteiger partial charge in [-0.25, -0.2) is 0 Å². The molecule has 1 rings (SSSR count). The SMILES string of the molecule is CCCCN[C@@H](Cc1ccc(O)c(O)c1)C(=O)O. The lowest BCUT2D eigenvalue weighted by atomic mass is 10.1. The molecule has 0 amide bonds. The number of unbranched alkanes of at least 4 members (excludes halogenated alkanes) is 1. The van der Waals surface area contributed by atoms with E-state index in [0.29, 0.717) is 12.1 Å². The van der Waals surface area contributed by atoms with Gasteiger partial charge in [-0.05, 0) is 37.1 Å². The van der Waals surface area contributed by atoms with Crippen molar-refractivity contribution in [3.8, 4) is 11.5 Å². The van der Waals surface area contributed by atoms with Crippen LogP contribution in [0, 0.1) is 0 Å². The molecule has 1 aromatic rings. The van der Waals surface area contributed by atoms with E-state index in [0.717, 1.165) is 12.8 Å². The highest BCUT2D eigenvalue weighted by atomic mass is 16.4. The lowest BCUT2D eigenvalue weighted by Gasteiger charge is -2.14. The van der Waals surface area contributed by atoms with E-state index >= 15 is 0 Å². The smallest absolute Gasteiger partial charge is 0.321 e. The lowest BCUT2D eigenvalue weighted by molar-refractivity contribution is -0.139. The zero-order chi connectivity index (χ0) is 13.5. The molecule has 1 atom stereocenters. The standard InChI is InChI=1S/C13H19NO4/c1-2-3-6-14-10(13(17)18)7-9-4-5-11(15)12(16)8-9/h4-5,8,10,14-16H,2-3,6-7H2,1H3,(H,17,18)/t10-/m0/s1. The first-order valence-electron chi connectivity index (χ1n) is 6.01. The zero-order valence-corrected chi connectivity index (χ0v) is 10.4. The minimum atomic E-state index is -0.918. The molecule has 0 saturated heterocycles. The molecule has 0 heterocycles. The number of phenols is 2. The molecule has 0 unspecified atom stereocenters. The quantitative estimate of drug-likeness (QED) is 0.436. The first-order chi connectivity index (χ1) is 8.54. The summed E-state index contributed by atoms with van der Waals surface area (Å²) in [6.45, 7) is 2.69. The van der Waals surface area contributed by atoms with Gasteiger partial charge in [0.2, 0.25) is 0 Å². The van der Waals surface area contributed by atoms with Crippen molar-refractivity contribution in [3.05, 3.63) is 23.8 Å². The fourth-order valence-electron chi connectivity index (χ4n) is 1.63. The Labute approximate surface area is 106 Å². The van der Waals surface area contributed by atoms with Crippen molar-refractivity contribution in [2.45, 2.75) is 32.2 Å². The van der Waals surface area contributed by atoms with Crippen molar-refractivity contribution in [1.29, 1.82) is 0 Å². The zero-order valence-electron chi connectivity index (χ0n) is 10.4. The van der Waals surface area contributed by atoms with Crippen molar-refractivity contribution >= 4 is 5.97 Å². The Morgan fingerprint density at radius 2 is 2.06 bits per heavy atom. The summed E-state index contributed by atoms with van der Waals surface area (Å²) in [7, 11) is 0. The second kappa shape index (κ2) is 6.86. The number of carbonyl (C=O) groups is 1. The van der Waals surface area contributed by atoms with E-state index in [1.54, 1.807) is 6.07 Å². The predicted octanol–water partition coefficient (Wildman–Crippen LogP) is 1.48. The largest absolute Gasteiger partial charge is 0.504 e. The van der Waals surface area contributed by atoms with Crippen LogP contribution in [0.5, 0.6) is 11.5 Å². The van der Waals surface area contributed by atoms with Gasteiger partial charge in [0.1, 0.15) is 6.04 Å². The Kier molecular flexibility index (Phi) is 5.45. The van der Waals surface area contributed by atoms with Crippen molar-refractivity contribution in [1.82, 2.24) is 5.32 Å². The molecule has 0 aliphatic heterocycles. The number of aromatic hydroxyl groups is 2. The molecule has 0 spiro atoms.